The lowest BCUT2D eigenvalue weighted by Gasteiger charge is -2.05. The van der Waals surface area contributed by atoms with Gasteiger partial charge in [0.25, 0.3) is 0 Å². The minimum Gasteiger partial charge on any atom is -0.496 e. The van der Waals surface area contributed by atoms with Crippen LogP contribution in [0, 0.1) is 0 Å². The first-order valence-corrected chi connectivity index (χ1v) is 7.51. The summed E-state index contributed by atoms with van der Waals surface area (Å²) in [5, 5.41) is 8.01. The van der Waals surface area contributed by atoms with Gasteiger partial charge in [0, 0.05) is 23.3 Å². The molecule has 0 saturated heterocycles. The van der Waals surface area contributed by atoms with Crippen molar-refractivity contribution in [1.29, 1.82) is 0 Å². The van der Waals surface area contributed by atoms with Gasteiger partial charge in [-0.3, -0.25) is 5.10 Å². The van der Waals surface area contributed by atoms with Gasteiger partial charge >= 0.3 is 0 Å². The molecule has 0 aliphatic carbocycles. The minimum atomic E-state index is 0.646. The number of H-pyrrole nitrogens is 1. The second-order valence-electron chi connectivity index (χ2n) is 4.47. The highest BCUT2D eigenvalue weighted by molar-refractivity contribution is 7.98. The number of hydrogen-bond donors (Lipinski definition) is 1. The lowest BCUT2D eigenvalue weighted by atomic mass is 10.1. The highest BCUT2D eigenvalue weighted by Crippen LogP contribution is 2.22. The summed E-state index contributed by atoms with van der Waals surface area (Å²) in [5.41, 5.74) is 2.20. The maximum Gasteiger partial charge on any atom is 0.184 e. The van der Waals surface area contributed by atoms with E-state index in [1.165, 1.54) is 0 Å². The number of furan rings is 1. The summed E-state index contributed by atoms with van der Waals surface area (Å²) in [6, 6.07) is 9.84. The molecule has 3 rings (SSSR count). The van der Waals surface area contributed by atoms with E-state index in [0.717, 1.165) is 33.6 Å². The summed E-state index contributed by atoms with van der Waals surface area (Å²) < 4.78 is 10.4. The van der Waals surface area contributed by atoms with Crippen LogP contribution in [-0.4, -0.2) is 22.3 Å². The highest BCUT2D eigenvalue weighted by Gasteiger charge is 2.08. The molecule has 108 valence electrons. The van der Waals surface area contributed by atoms with E-state index in [-0.39, 0.29) is 0 Å². The number of methoxy groups -OCH3 is 1. The van der Waals surface area contributed by atoms with E-state index in [0.29, 0.717) is 6.42 Å². The van der Waals surface area contributed by atoms with Crippen molar-refractivity contribution in [3.63, 3.8) is 0 Å². The summed E-state index contributed by atoms with van der Waals surface area (Å²) in [7, 11) is 1.67. The molecular formula is C15H15N3O2S. The van der Waals surface area contributed by atoms with Crippen LogP contribution in [0.15, 0.2) is 52.4 Å². The Morgan fingerprint density at radius 2 is 2.19 bits per heavy atom. The van der Waals surface area contributed by atoms with Crippen molar-refractivity contribution in [2.45, 2.75) is 17.3 Å². The molecule has 1 aromatic carbocycles. The fraction of sp³-hybridized carbons (Fsp3) is 0.200. The van der Waals surface area contributed by atoms with Crippen molar-refractivity contribution >= 4 is 11.8 Å². The van der Waals surface area contributed by atoms with Gasteiger partial charge < -0.3 is 9.15 Å². The molecular weight excluding hydrogens is 286 g/mol. The first kappa shape index (κ1) is 13.8. The summed E-state index contributed by atoms with van der Waals surface area (Å²) >= 11 is 1.60. The number of nitrogens with zero attached hydrogens (tertiary/aromatic N) is 2. The van der Waals surface area contributed by atoms with E-state index >= 15 is 0 Å². The Hall–Kier alpha value is -2.21. The summed E-state index contributed by atoms with van der Waals surface area (Å²) in [5.74, 6) is 2.42. The van der Waals surface area contributed by atoms with Gasteiger partial charge in [0.15, 0.2) is 11.0 Å². The van der Waals surface area contributed by atoms with E-state index in [9.17, 15) is 0 Å². The van der Waals surface area contributed by atoms with Crippen LogP contribution in [0.4, 0.5) is 0 Å². The number of benzene rings is 1. The number of nitrogens with one attached hydrogen (secondary N) is 1. The fourth-order valence-corrected chi connectivity index (χ4v) is 2.72. The van der Waals surface area contributed by atoms with Gasteiger partial charge in [-0.05, 0) is 12.1 Å². The monoisotopic (exact) mass is 301 g/mol. The first-order chi connectivity index (χ1) is 10.3. The molecule has 0 radical (unpaired) electrons. The third-order valence-electron chi connectivity index (χ3n) is 3.01. The van der Waals surface area contributed by atoms with Crippen LogP contribution in [0.25, 0.3) is 0 Å². The molecule has 3 aromatic rings. The second-order valence-corrected chi connectivity index (χ2v) is 5.43. The Balaban J connectivity index is 1.64. The molecule has 0 amide bonds. The molecule has 0 saturated carbocycles. The maximum absolute atomic E-state index is 5.34. The van der Waals surface area contributed by atoms with E-state index in [4.69, 9.17) is 9.15 Å². The topological polar surface area (TPSA) is 63.9 Å². The molecule has 0 bridgehead atoms. The molecule has 0 aliphatic rings. The maximum atomic E-state index is 5.34. The van der Waals surface area contributed by atoms with E-state index < -0.39 is 0 Å². The molecule has 0 fully saturated rings. The number of rotatable bonds is 6. The van der Waals surface area contributed by atoms with Gasteiger partial charge in [-0.15, -0.1) is 0 Å². The third kappa shape index (κ3) is 3.46. The van der Waals surface area contributed by atoms with Gasteiger partial charge in [-0.2, -0.15) is 5.10 Å². The summed E-state index contributed by atoms with van der Waals surface area (Å²) in [6.45, 7) is 0. The van der Waals surface area contributed by atoms with Crippen molar-refractivity contribution in [1.82, 2.24) is 15.2 Å². The largest absolute Gasteiger partial charge is 0.496 e. The fourth-order valence-electron chi connectivity index (χ4n) is 1.97. The van der Waals surface area contributed by atoms with Crippen LogP contribution in [-0.2, 0) is 12.2 Å². The van der Waals surface area contributed by atoms with E-state index in [1.807, 2.05) is 30.3 Å². The first-order valence-electron chi connectivity index (χ1n) is 6.52. The predicted octanol–water partition coefficient (Wildman–Crippen LogP) is 3.29. The molecule has 5 nitrogen and oxygen atoms in total. The smallest absolute Gasteiger partial charge is 0.184 e. The Morgan fingerprint density at radius 1 is 1.29 bits per heavy atom. The van der Waals surface area contributed by atoms with Gasteiger partial charge in [0.1, 0.15) is 5.75 Å². The van der Waals surface area contributed by atoms with Crippen LogP contribution in [0.1, 0.15) is 17.0 Å². The molecule has 2 heterocycles. The van der Waals surface area contributed by atoms with Gasteiger partial charge in [-0.25, -0.2) is 4.98 Å². The zero-order valence-corrected chi connectivity index (χ0v) is 12.4. The van der Waals surface area contributed by atoms with Crippen molar-refractivity contribution < 1.29 is 9.15 Å². The second kappa shape index (κ2) is 6.49. The Labute approximate surface area is 126 Å². The molecule has 0 spiro atoms. The SMILES string of the molecule is COc1ccccc1Cc1n[nH]c(SCc2ccoc2)n1. The quantitative estimate of drug-likeness (QED) is 0.708. The minimum absolute atomic E-state index is 0.646. The van der Waals surface area contributed by atoms with E-state index in [2.05, 4.69) is 15.2 Å². The number of ether oxygens (including phenoxy) is 1. The lowest BCUT2D eigenvalue weighted by Crippen LogP contribution is -1.95. The van der Waals surface area contributed by atoms with Crippen LogP contribution >= 0.6 is 11.8 Å². The molecule has 21 heavy (non-hydrogen) atoms. The molecule has 6 heteroatoms. The Kier molecular flexibility index (Phi) is 4.25. The summed E-state index contributed by atoms with van der Waals surface area (Å²) in [4.78, 5) is 4.49. The van der Waals surface area contributed by atoms with Crippen LogP contribution in [0.3, 0.4) is 0 Å². The predicted molar refractivity (Wildman–Crippen MR) is 80.5 cm³/mol. The summed E-state index contributed by atoms with van der Waals surface area (Å²) in [6.07, 6.45) is 4.05. The van der Waals surface area contributed by atoms with Crippen molar-refractivity contribution in [2.24, 2.45) is 0 Å². The van der Waals surface area contributed by atoms with Crippen LogP contribution in [0.2, 0.25) is 0 Å². The number of aromatic nitrogens is 3. The zero-order chi connectivity index (χ0) is 14.5. The molecule has 1 N–H and O–H groups in total. The number of thioether (sulfide) groups is 1. The number of hydrogen-bond acceptors (Lipinski definition) is 5. The standard InChI is InChI=1S/C15H15N3O2S/c1-19-13-5-3-2-4-12(13)8-14-16-15(18-17-14)21-10-11-6-7-20-9-11/h2-7,9H,8,10H2,1H3,(H,16,17,18). The Morgan fingerprint density at radius 3 is 3.00 bits per heavy atom. The average Bonchev–Trinajstić information content (AvgIpc) is 3.17. The number of aromatic amines is 1. The van der Waals surface area contributed by atoms with Crippen LogP contribution < -0.4 is 4.74 Å². The highest BCUT2D eigenvalue weighted by atomic mass is 32.2. The normalized spacial score (nSPS) is 10.7. The van der Waals surface area contributed by atoms with Gasteiger partial charge in [0.2, 0.25) is 0 Å². The van der Waals surface area contributed by atoms with Crippen LogP contribution in [0.5, 0.6) is 5.75 Å². The van der Waals surface area contributed by atoms with Crippen molar-refractivity contribution in [3.05, 3.63) is 59.8 Å². The zero-order valence-electron chi connectivity index (χ0n) is 11.6. The van der Waals surface area contributed by atoms with E-state index in [1.54, 1.807) is 31.4 Å². The van der Waals surface area contributed by atoms with Gasteiger partial charge in [-0.1, -0.05) is 30.0 Å². The van der Waals surface area contributed by atoms with Gasteiger partial charge in [0.05, 0.1) is 19.6 Å². The molecule has 0 atom stereocenters. The lowest BCUT2D eigenvalue weighted by molar-refractivity contribution is 0.410. The third-order valence-corrected chi connectivity index (χ3v) is 3.94. The molecule has 0 aliphatic heterocycles. The molecule has 0 unspecified atom stereocenters. The average molecular weight is 301 g/mol. The number of para-hydroxylation sites is 1. The van der Waals surface area contributed by atoms with Crippen molar-refractivity contribution in [2.75, 3.05) is 7.11 Å². The van der Waals surface area contributed by atoms with Crippen molar-refractivity contribution in [3.8, 4) is 5.75 Å². The molecule has 2 aromatic heterocycles. The Bertz CT molecular complexity index is 695.